The van der Waals surface area contributed by atoms with Gasteiger partial charge in [0, 0.05) is 11.6 Å². The molecule has 1 aromatic heterocycles. The number of methoxy groups -OCH3 is 2. The van der Waals surface area contributed by atoms with Crippen LogP contribution in [0.1, 0.15) is 17.4 Å². The van der Waals surface area contributed by atoms with Gasteiger partial charge >= 0.3 is 0 Å². The number of benzene rings is 1. The van der Waals surface area contributed by atoms with E-state index in [-0.39, 0.29) is 0 Å². The molecule has 0 amide bonds. The Morgan fingerprint density at radius 3 is 2.37 bits per heavy atom. The molecule has 0 spiro atoms. The number of hydrogen-bond donors (Lipinski definition) is 1. The average Bonchev–Trinajstić information content (AvgIpc) is 2.84. The molecule has 1 N–H and O–H groups in total. The van der Waals surface area contributed by atoms with Crippen molar-refractivity contribution in [2.24, 2.45) is 0 Å². The van der Waals surface area contributed by atoms with Crippen LogP contribution in [0.5, 0.6) is 11.5 Å². The normalized spacial score (nSPS) is 12.3. The zero-order chi connectivity index (χ0) is 14.0. The van der Waals surface area contributed by atoms with Crippen molar-refractivity contribution in [3.8, 4) is 11.5 Å². The van der Waals surface area contributed by atoms with Crippen LogP contribution in [-0.4, -0.2) is 19.3 Å². The molecule has 0 fully saturated rings. The first-order valence-electron chi connectivity index (χ1n) is 5.41. The maximum atomic E-state index is 10.3. The summed E-state index contributed by atoms with van der Waals surface area (Å²) in [6.07, 6.45) is -0.974. The van der Waals surface area contributed by atoms with Crippen molar-refractivity contribution < 1.29 is 19.0 Å². The van der Waals surface area contributed by atoms with Gasteiger partial charge in [-0.15, -0.1) is 0 Å². The van der Waals surface area contributed by atoms with Gasteiger partial charge in [-0.3, -0.25) is 0 Å². The molecule has 19 heavy (non-hydrogen) atoms. The Bertz CT molecular complexity index is 582. The molecule has 2 aromatic rings. The fourth-order valence-corrected chi connectivity index (χ4v) is 2.28. The highest BCUT2D eigenvalue weighted by atomic mass is 79.9. The highest BCUT2D eigenvalue weighted by Gasteiger charge is 2.20. The van der Waals surface area contributed by atoms with E-state index in [0.717, 1.165) is 0 Å². The van der Waals surface area contributed by atoms with Crippen molar-refractivity contribution in [1.82, 2.24) is 0 Å². The van der Waals surface area contributed by atoms with Crippen LogP contribution in [0.2, 0.25) is 5.02 Å². The Morgan fingerprint density at radius 2 is 1.84 bits per heavy atom. The van der Waals surface area contributed by atoms with E-state index < -0.39 is 6.10 Å². The summed E-state index contributed by atoms with van der Waals surface area (Å²) in [5.41, 5.74) is 0.487. The summed E-state index contributed by atoms with van der Waals surface area (Å²) in [6.45, 7) is 0. The Morgan fingerprint density at radius 1 is 1.21 bits per heavy atom. The van der Waals surface area contributed by atoms with Gasteiger partial charge in [-0.1, -0.05) is 11.6 Å². The number of ether oxygens (including phenoxy) is 2. The minimum atomic E-state index is -0.974. The SMILES string of the molecule is COc1cc(Cl)c(C(O)c2ccc(Br)o2)cc1OC. The summed E-state index contributed by atoms with van der Waals surface area (Å²) in [5, 5.41) is 10.6. The molecule has 1 unspecified atom stereocenters. The average molecular weight is 348 g/mol. The molecule has 2 rings (SSSR count). The Labute approximate surface area is 124 Å². The van der Waals surface area contributed by atoms with Crippen molar-refractivity contribution in [1.29, 1.82) is 0 Å². The van der Waals surface area contributed by atoms with Gasteiger partial charge < -0.3 is 19.0 Å². The third kappa shape index (κ3) is 2.88. The summed E-state index contributed by atoms with van der Waals surface area (Å²) in [4.78, 5) is 0. The van der Waals surface area contributed by atoms with E-state index in [4.69, 9.17) is 25.5 Å². The topological polar surface area (TPSA) is 51.8 Å². The minimum Gasteiger partial charge on any atom is -0.493 e. The molecule has 0 aliphatic rings. The van der Waals surface area contributed by atoms with Crippen LogP contribution in [0.15, 0.2) is 33.4 Å². The molecule has 0 saturated heterocycles. The quantitative estimate of drug-likeness (QED) is 0.914. The molecule has 0 bridgehead atoms. The molecule has 0 radical (unpaired) electrons. The lowest BCUT2D eigenvalue weighted by molar-refractivity contribution is 0.187. The number of aliphatic hydroxyl groups is 1. The monoisotopic (exact) mass is 346 g/mol. The summed E-state index contributed by atoms with van der Waals surface area (Å²) in [7, 11) is 3.04. The fraction of sp³-hybridized carbons (Fsp3) is 0.231. The number of furan rings is 1. The minimum absolute atomic E-state index is 0.373. The summed E-state index contributed by atoms with van der Waals surface area (Å²) in [6, 6.07) is 6.59. The molecule has 1 atom stereocenters. The van der Waals surface area contributed by atoms with E-state index in [1.54, 1.807) is 24.3 Å². The first-order chi connectivity index (χ1) is 9.06. The van der Waals surface area contributed by atoms with Crippen LogP contribution in [0.25, 0.3) is 0 Å². The number of aliphatic hydroxyl groups excluding tert-OH is 1. The predicted molar refractivity (Wildman–Crippen MR) is 75.0 cm³/mol. The van der Waals surface area contributed by atoms with Crippen LogP contribution < -0.4 is 9.47 Å². The molecule has 0 saturated carbocycles. The van der Waals surface area contributed by atoms with Crippen molar-refractivity contribution in [2.45, 2.75) is 6.10 Å². The summed E-state index contributed by atoms with van der Waals surface area (Å²) < 4.78 is 16.2. The first kappa shape index (κ1) is 14.2. The second kappa shape index (κ2) is 5.86. The fourth-order valence-electron chi connectivity index (χ4n) is 1.71. The molecule has 102 valence electrons. The van der Waals surface area contributed by atoms with E-state index in [1.807, 2.05) is 0 Å². The second-order valence-corrected chi connectivity index (χ2v) is 4.96. The smallest absolute Gasteiger partial charge is 0.169 e. The molecule has 4 nitrogen and oxygen atoms in total. The van der Waals surface area contributed by atoms with Gasteiger partial charge in [0.15, 0.2) is 16.2 Å². The number of halogens is 2. The van der Waals surface area contributed by atoms with E-state index >= 15 is 0 Å². The van der Waals surface area contributed by atoms with Gasteiger partial charge in [0.05, 0.1) is 19.2 Å². The van der Waals surface area contributed by atoms with E-state index in [0.29, 0.717) is 32.5 Å². The van der Waals surface area contributed by atoms with Gasteiger partial charge in [-0.2, -0.15) is 0 Å². The third-order valence-electron chi connectivity index (χ3n) is 2.66. The van der Waals surface area contributed by atoms with Gasteiger partial charge in [0.2, 0.25) is 0 Å². The second-order valence-electron chi connectivity index (χ2n) is 3.77. The summed E-state index contributed by atoms with van der Waals surface area (Å²) in [5.74, 6) is 1.39. The van der Waals surface area contributed by atoms with E-state index in [2.05, 4.69) is 15.9 Å². The molecule has 6 heteroatoms. The van der Waals surface area contributed by atoms with E-state index in [1.165, 1.54) is 14.2 Å². The lowest BCUT2D eigenvalue weighted by Gasteiger charge is -2.14. The van der Waals surface area contributed by atoms with Crippen molar-refractivity contribution in [2.75, 3.05) is 14.2 Å². The van der Waals surface area contributed by atoms with Gasteiger partial charge in [0.25, 0.3) is 0 Å². The highest BCUT2D eigenvalue weighted by molar-refractivity contribution is 9.10. The first-order valence-corrected chi connectivity index (χ1v) is 6.58. The maximum Gasteiger partial charge on any atom is 0.169 e. The molecular formula is C13H12BrClO4. The zero-order valence-electron chi connectivity index (χ0n) is 10.3. The maximum absolute atomic E-state index is 10.3. The summed E-state index contributed by atoms with van der Waals surface area (Å²) >= 11 is 9.33. The van der Waals surface area contributed by atoms with Gasteiger partial charge in [-0.05, 0) is 34.1 Å². The van der Waals surface area contributed by atoms with Gasteiger partial charge in [0.1, 0.15) is 11.9 Å². The Balaban J connectivity index is 2.44. The van der Waals surface area contributed by atoms with Crippen LogP contribution in [0, 0.1) is 0 Å². The third-order valence-corrected chi connectivity index (χ3v) is 3.41. The largest absolute Gasteiger partial charge is 0.493 e. The predicted octanol–water partition coefficient (Wildman–Crippen LogP) is 3.79. The highest BCUT2D eigenvalue weighted by Crippen LogP contribution is 2.38. The van der Waals surface area contributed by atoms with Crippen molar-refractivity contribution >= 4 is 27.5 Å². The molecule has 1 aromatic carbocycles. The lowest BCUT2D eigenvalue weighted by Crippen LogP contribution is -2.01. The van der Waals surface area contributed by atoms with Crippen LogP contribution >= 0.6 is 27.5 Å². The number of rotatable bonds is 4. The lowest BCUT2D eigenvalue weighted by atomic mass is 10.1. The van der Waals surface area contributed by atoms with Crippen molar-refractivity contribution in [3.63, 3.8) is 0 Å². The zero-order valence-corrected chi connectivity index (χ0v) is 12.7. The molecule has 1 heterocycles. The Hall–Kier alpha value is -1.17. The Kier molecular flexibility index (Phi) is 4.39. The van der Waals surface area contributed by atoms with Crippen molar-refractivity contribution in [3.05, 3.63) is 45.3 Å². The van der Waals surface area contributed by atoms with Crippen LogP contribution in [-0.2, 0) is 0 Å². The standard InChI is InChI=1S/C13H12BrClO4/c1-17-10-5-7(8(15)6-11(10)18-2)13(16)9-3-4-12(14)19-9/h3-6,13,16H,1-2H3. The molecule has 0 aliphatic carbocycles. The van der Waals surface area contributed by atoms with Crippen LogP contribution in [0.3, 0.4) is 0 Å². The molecular weight excluding hydrogens is 335 g/mol. The van der Waals surface area contributed by atoms with E-state index in [9.17, 15) is 5.11 Å². The van der Waals surface area contributed by atoms with Gasteiger partial charge in [-0.25, -0.2) is 0 Å². The number of hydrogen-bond acceptors (Lipinski definition) is 4. The van der Waals surface area contributed by atoms with Crippen LogP contribution in [0.4, 0.5) is 0 Å². The molecule has 0 aliphatic heterocycles.